The topological polar surface area (TPSA) is 147 Å². The number of rotatable bonds is 9. The number of nitrogens with zero attached hydrogens (tertiary/aromatic N) is 4. The lowest BCUT2D eigenvalue weighted by Crippen LogP contribution is -2.31. The van der Waals surface area contributed by atoms with Crippen molar-refractivity contribution >= 4 is 38.8 Å². The molecule has 3 aromatic heterocycles. The number of sulfonamides is 1. The molecule has 0 atom stereocenters. The number of nitrogen functional groups attached to an aromatic ring is 1. The van der Waals surface area contributed by atoms with Crippen LogP contribution < -0.4 is 19.9 Å². The predicted octanol–water partition coefficient (Wildman–Crippen LogP) is 3.12. The van der Waals surface area contributed by atoms with Gasteiger partial charge in [0.15, 0.2) is 33.6 Å². The summed E-state index contributed by atoms with van der Waals surface area (Å²) in [5, 5.41) is 0.571. The van der Waals surface area contributed by atoms with Crippen molar-refractivity contribution in [3.8, 4) is 22.8 Å². The van der Waals surface area contributed by atoms with Gasteiger partial charge in [-0.3, -0.25) is 0 Å². The van der Waals surface area contributed by atoms with E-state index in [1.165, 1.54) is 18.1 Å². The first-order valence-electron chi connectivity index (χ1n) is 10.9. The fourth-order valence-corrected chi connectivity index (χ4v) is 6.21. The Hall–Kier alpha value is -3.29. The average molecular weight is 517 g/mol. The third-order valence-electron chi connectivity index (χ3n) is 5.20. The number of benzene rings is 1. The van der Waals surface area contributed by atoms with Gasteiger partial charge < -0.3 is 24.2 Å². The van der Waals surface area contributed by atoms with Crippen LogP contribution in [0, 0.1) is 5.92 Å². The lowest BCUT2D eigenvalue weighted by molar-refractivity contribution is 0.174. The highest BCUT2D eigenvalue weighted by Gasteiger charge is 2.23. The zero-order chi connectivity index (χ0) is 24.6. The van der Waals surface area contributed by atoms with Crippen LogP contribution in [-0.2, 0) is 16.6 Å². The van der Waals surface area contributed by atoms with Crippen molar-refractivity contribution in [2.24, 2.45) is 5.92 Å². The summed E-state index contributed by atoms with van der Waals surface area (Å²) >= 11 is 1.36. The Labute approximate surface area is 206 Å². The van der Waals surface area contributed by atoms with E-state index < -0.39 is 10.0 Å². The largest absolute Gasteiger partial charge is 0.464 e. The van der Waals surface area contributed by atoms with Gasteiger partial charge in [0.05, 0.1) is 12.0 Å². The van der Waals surface area contributed by atoms with Crippen LogP contribution in [0.25, 0.3) is 22.5 Å². The summed E-state index contributed by atoms with van der Waals surface area (Å²) in [5.74, 6) is 2.22. The number of ether oxygens (including phenoxy) is 2. The fraction of sp³-hybridized carbons (Fsp3) is 0.318. The van der Waals surface area contributed by atoms with Gasteiger partial charge in [0, 0.05) is 23.5 Å². The molecule has 4 aromatic rings. The Kier molecular flexibility index (Phi) is 6.30. The molecule has 0 unspecified atom stereocenters. The van der Waals surface area contributed by atoms with Crippen LogP contribution in [0.5, 0.6) is 11.5 Å². The summed E-state index contributed by atoms with van der Waals surface area (Å²) in [6.45, 7) is 4.33. The number of imidazole rings is 1. The molecule has 1 aromatic carbocycles. The van der Waals surface area contributed by atoms with Crippen LogP contribution in [-0.4, -0.2) is 47.0 Å². The lowest BCUT2D eigenvalue weighted by Gasteiger charge is -2.12. The normalized spacial score (nSPS) is 13.2. The van der Waals surface area contributed by atoms with Crippen LogP contribution in [0.2, 0.25) is 0 Å². The van der Waals surface area contributed by atoms with Crippen molar-refractivity contribution < 1.29 is 22.3 Å². The molecule has 13 heteroatoms. The summed E-state index contributed by atoms with van der Waals surface area (Å²) in [4.78, 5) is 13.9. The van der Waals surface area contributed by atoms with E-state index in [0.717, 1.165) is 10.5 Å². The van der Waals surface area contributed by atoms with Crippen LogP contribution in [0.1, 0.15) is 13.8 Å². The van der Waals surface area contributed by atoms with E-state index in [1.54, 1.807) is 6.26 Å². The van der Waals surface area contributed by atoms with E-state index in [-0.39, 0.29) is 30.8 Å². The summed E-state index contributed by atoms with van der Waals surface area (Å²) < 4.78 is 45.9. The first-order valence-corrected chi connectivity index (χ1v) is 13.4. The number of anilines is 1. The molecule has 3 N–H and O–H groups in total. The van der Waals surface area contributed by atoms with E-state index in [4.69, 9.17) is 19.6 Å². The molecule has 0 amide bonds. The zero-order valence-electron chi connectivity index (χ0n) is 19.1. The molecular formula is C22H24N6O5S2. The summed E-state index contributed by atoms with van der Waals surface area (Å²) in [5.41, 5.74) is 7.83. The van der Waals surface area contributed by atoms with Gasteiger partial charge in [-0.2, -0.15) is 0 Å². The minimum absolute atomic E-state index is 0.0197. The minimum atomic E-state index is -3.40. The Balaban J connectivity index is 1.51. The monoisotopic (exact) mass is 516 g/mol. The highest BCUT2D eigenvalue weighted by molar-refractivity contribution is 7.99. The number of hydrogen-bond acceptors (Lipinski definition) is 10. The van der Waals surface area contributed by atoms with Crippen LogP contribution in [0.15, 0.2) is 51.3 Å². The van der Waals surface area contributed by atoms with E-state index in [0.29, 0.717) is 40.1 Å². The third kappa shape index (κ3) is 4.92. The van der Waals surface area contributed by atoms with Crippen molar-refractivity contribution in [2.45, 2.75) is 30.4 Å². The lowest BCUT2D eigenvalue weighted by atomic mass is 10.1. The predicted molar refractivity (Wildman–Crippen MR) is 131 cm³/mol. The van der Waals surface area contributed by atoms with Gasteiger partial charge in [0.2, 0.25) is 16.8 Å². The van der Waals surface area contributed by atoms with Gasteiger partial charge in [-0.15, -0.1) is 0 Å². The van der Waals surface area contributed by atoms with Crippen molar-refractivity contribution in [2.75, 3.05) is 24.8 Å². The van der Waals surface area contributed by atoms with Gasteiger partial charge in [0.1, 0.15) is 12.1 Å². The number of fused-ring (bicyclic) bond motifs is 2. The van der Waals surface area contributed by atoms with Gasteiger partial charge in [0.25, 0.3) is 0 Å². The second kappa shape index (κ2) is 9.40. The van der Waals surface area contributed by atoms with Crippen molar-refractivity contribution in [3.63, 3.8) is 0 Å². The van der Waals surface area contributed by atoms with Crippen LogP contribution >= 0.6 is 11.8 Å². The number of nitrogens with one attached hydrogen (secondary N) is 1. The Morgan fingerprint density at radius 1 is 1.23 bits per heavy atom. The first-order chi connectivity index (χ1) is 16.8. The molecule has 4 heterocycles. The first kappa shape index (κ1) is 23.5. The SMILES string of the molecule is CC(C)CS(=O)(=O)NCCn1c(Sc2cc3c(cc2-c2ccco2)OCO3)nc2c(N)ncnc21. The molecule has 0 saturated heterocycles. The van der Waals surface area contributed by atoms with Crippen LogP contribution in [0.4, 0.5) is 5.82 Å². The van der Waals surface area contributed by atoms with Crippen molar-refractivity contribution in [1.82, 2.24) is 24.2 Å². The molecule has 0 saturated carbocycles. The zero-order valence-corrected chi connectivity index (χ0v) is 20.7. The molecule has 0 aliphatic carbocycles. The summed E-state index contributed by atoms with van der Waals surface area (Å²) in [7, 11) is -3.40. The van der Waals surface area contributed by atoms with E-state index in [9.17, 15) is 8.42 Å². The molecule has 184 valence electrons. The summed E-state index contributed by atoms with van der Waals surface area (Å²) in [6.07, 6.45) is 2.96. The van der Waals surface area contributed by atoms with Crippen LogP contribution in [0.3, 0.4) is 0 Å². The van der Waals surface area contributed by atoms with Gasteiger partial charge in [-0.25, -0.2) is 28.1 Å². The Bertz CT molecular complexity index is 1470. The third-order valence-corrected chi connectivity index (χ3v) is 8.00. The van der Waals surface area contributed by atoms with Gasteiger partial charge >= 0.3 is 0 Å². The summed E-state index contributed by atoms with van der Waals surface area (Å²) in [6, 6.07) is 7.40. The molecule has 0 radical (unpaired) electrons. The van der Waals surface area contributed by atoms with Gasteiger partial charge in [-0.1, -0.05) is 25.6 Å². The van der Waals surface area contributed by atoms with E-state index in [2.05, 4.69) is 19.7 Å². The Morgan fingerprint density at radius 3 is 2.77 bits per heavy atom. The highest BCUT2D eigenvalue weighted by Crippen LogP contribution is 2.45. The maximum Gasteiger partial charge on any atom is 0.231 e. The number of aromatic nitrogens is 4. The second-order valence-electron chi connectivity index (χ2n) is 8.33. The van der Waals surface area contributed by atoms with E-state index in [1.807, 2.05) is 42.7 Å². The molecule has 1 aliphatic heterocycles. The number of hydrogen-bond donors (Lipinski definition) is 2. The second-order valence-corrected chi connectivity index (χ2v) is 11.2. The number of nitrogens with two attached hydrogens (primary N) is 1. The average Bonchev–Trinajstić information content (AvgIpc) is 3.53. The van der Waals surface area contributed by atoms with Gasteiger partial charge in [-0.05, 0) is 30.2 Å². The van der Waals surface area contributed by atoms with Crippen molar-refractivity contribution in [1.29, 1.82) is 0 Å². The molecular weight excluding hydrogens is 492 g/mol. The molecule has 1 aliphatic rings. The fourth-order valence-electron chi connectivity index (χ4n) is 3.75. The molecule has 11 nitrogen and oxygen atoms in total. The molecule has 0 fully saturated rings. The standard InChI is InChI=1S/C22H24N6O5S2/c1-13(2)10-35(29,30)26-5-6-28-21-19(20(23)24-11-25-21)27-22(28)34-18-9-17-16(32-12-33-17)8-14(18)15-4-3-7-31-15/h3-4,7-9,11,13,26H,5-6,10,12H2,1-2H3,(H2,23,24,25). The van der Waals surface area contributed by atoms with E-state index >= 15 is 0 Å². The van der Waals surface area contributed by atoms with Crippen molar-refractivity contribution in [3.05, 3.63) is 36.9 Å². The molecule has 0 spiro atoms. The molecule has 0 bridgehead atoms. The smallest absolute Gasteiger partial charge is 0.231 e. The highest BCUT2D eigenvalue weighted by atomic mass is 32.2. The maximum atomic E-state index is 12.3. The molecule has 5 rings (SSSR count). The quantitative estimate of drug-likeness (QED) is 0.340. The molecule has 35 heavy (non-hydrogen) atoms. The Morgan fingerprint density at radius 2 is 2.03 bits per heavy atom. The maximum absolute atomic E-state index is 12.3. The number of furan rings is 1. The minimum Gasteiger partial charge on any atom is -0.464 e.